The van der Waals surface area contributed by atoms with E-state index in [0.717, 1.165) is 0 Å². The molecule has 0 rings (SSSR count). The Labute approximate surface area is 96.7 Å². The number of ether oxygens (including phenoxy) is 1. The van der Waals surface area contributed by atoms with Gasteiger partial charge in [0.15, 0.2) is 0 Å². The van der Waals surface area contributed by atoms with Gasteiger partial charge in [0.1, 0.15) is 6.04 Å². The molecule has 0 radical (unpaired) electrons. The molecule has 0 aliphatic carbocycles. The van der Waals surface area contributed by atoms with Crippen LogP contribution >= 0.6 is 0 Å². The van der Waals surface area contributed by atoms with Crippen LogP contribution in [0.1, 0.15) is 27.2 Å². The first kappa shape index (κ1) is 14.9. The lowest BCUT2D eigenvalue weighted by molar-refractivity contribution is -0.146. The number of nitrogens with one attached hydrogen (secondary N) is 1. The zero-order chi connectivity index (χ0) is 12.7. The van der Waals surface area contributed by atoms with E-state index >= 15 is 0 Å². The maximum atomic E-state index is 11.6. The van der Waals surface area contributed by atoms with Crippen molar-refractivity contribution in [3.05, 3.63) is 0 Å². The van der Waals surface area contributed by atoms with Crippen LogP contribution < -0.4 is 11.1 Å². The Kier molecular flexibility index (Phi) is 6.72. The summed E-state index contributed by atoms with van der Waals surface area (Å²) in [4.78, 5) is 23.0. The van der Waals surface area contributed by atoms with Gasteiger partial charge in [-0.25, -0.2) is 4.79 Å². The number of nitrogens with two attached hydrogens (primary N) is 1. The average Bonchev–Trinajstić information content (AvgIpc) is 2.24. The lowest BCUT2D eigenvalue weighted by Gasteiger charge is -2.20. The number of amides is 1. The molecule has 0 fully saturated rings. The number of esters is 1. The second kappa shape index (κ2) is 7.22. The first-order valence-corrected chi connectivity index (χ1v) is 5.49. The summed E-state index contributed by atoms with van der Waals surface area (Å²) in [5, 5.41) is 2.66. The highest BCUT2D eigenvalue weighted by molar-refractivity contribution is 5.84. The summed E-state index contributed by atoms with van der Waals surface area (Å²) in [5.41, 5.74) is 5.43. The van der Waals surface area contributed by atoms with E-state index in [1.54, 1.807) is 0 Å². The van der Waals surface area contributed by atoms with E-state index in [9.17, 15) is 9.59 Å². The fourth-order valence-electron chi connectivity index (χ4n) is 1.26. The molecule has 0 heterocycles. The van der Waals surface area contributed by atoms with Gasteiger partial charge in [0.05, 0.1) is 7.11 Å². The van der Waals surface area contributed by atoms with Crippen LogP contribution in [0.5, 0.6) is 0 Å². The van der Waals surface area contributed by atoms with Crippen LogP contribution in [0.2, 0.25) is 0 Å². The molecule has 0 saturated heterocycles. The van der Waals surface area contributed by atoms with Crippen molar-refractivity contribution >= 4 is 11.9 Å². The molecule has 0 aromatic rings. The molecule has 16 heavy (non-hydrogen) atoms. The third kappa shape index (κ3) is 5.11. The number of carbonyl (C=O) groups is 2. The molecule has 1 unspecified atom stereocenters. The standard InChI is InChI=1S/C11H22N2O3/c1-7(2)10(11(15)16-4)13-9(14)5-8(3)6-12/h7-8,10H,5-6,12H2,1-4H3,(H,13,14)/t8?,10-/m0/s1. The fourth-order valence-corrected chi connectivity index (χ4v) is 1.26. The monoisotopic (exact) mass is 230 g/mol. The molecule has 0 saturated carbocycles. The summed E-state index contributed by atoms with van der Waals surface area (Å²) in [6, 6.07) is -0.581. The normalized spacial score (nSPS) is 14.4. The largest absolute Gasteiger partial charge is 0.467 e. The number of hydrogen-bond donors (Lipinski definition) is 2. The minimum Gasteiger partial charge on any atom is -0.467 e. The Morgan fingerprint density at radius 3 is 2.25 bits per heavy atom. The van der Waals surface area contributed by atoms with Crippen molar-refractivity contribution in [3.63, 3.8) is 0 Å². The van der Waals surface area contributed by atoms with Crippen LogP contribution in [-0.4, -0.2) is 31.6 Å². The molecule has 2 atom stereocenters. The third-order valence-corrected chi connectivity index (χ3v) is 2.37. The Morgan fingerprint density at radius 1 is 1.31 bits per heavy atom. The van der Waals surface area contributed by atoms with Gasteiger partial charge in [-0.3, -0.25) is 4.79 Å². The van der Waals surface area contributed by atoms with Gasteiger partial charge in [-0.15, -0.1) is 0 Å². The molecule has 0 bridgehead atoms. The van der Waals surface area contributed by atoms with Gasteiger partial charge in [0, 0.05) is 6.42 Å². The summed E-state index contributed by atoms with van der Waals surface area (Å²) >= 11 is 0. The maximum absolute atomic E-state index is 11.6. The molecule has 0 aromatic heterocycles. The first-order valence-electron chi connectivity index (χ1n) is 5.49. The summed E-state index contributed by atoms with van der Waals surface area (Å²) in [5.74, 6) is -0.458. The number of methoxy groups -OCH3 is 1. The molecule has 1 amide bonds. The van der Waals surface area contributed by atoms with Crippen molar-refractivity contribution in [2.45, 2.75) is 33.2 Å². The van der Waals surface area contributed by atoms with Gasteiger partial charge in [-0.2, -0.15) is 0 Å². The Morgan fingerprint density at radius 2 is 1.88 bits per heavy atom. The Balaban J connectivity index is 4.30. The summed E-state index contributed by atoms with van der Waals surface area (Å²) in [7, 11) is 1.31. The molecule has 0 aliphatic rings. The van der Waals surface area contributed by atoms with Gasteiger partial charge in [0.25, 0.3) is 0 Å². The zero-order valence-corrected chi connectivity index (χ0v) is 10.4. The second-order valence-corrected chi connectivity index (χ2v) is 4.36. The maximum Gasteiger partial charge on any atom is 0.328 e. The van der Waals surface area contributed by atoms with Crippen LogP contribution in [0, 0.1) is 11.8 Å². The van der Waals surface area contributed by atoms with Crippen LogP contribution in [0.3, 0.4) is 0 Å². The molecule has 94 valence electrons. The fraction of sp³-hybridized carbons (Fsp3) is 0.818. The molecule has 0 spiro atoms. The van der Waals surface area contributed by atoms with Gasteiger partial charge in [-0.1, -0.05) is 20.8 Å². The van der Waals surface area contributed by atoms with Crippen molar-refractivity contribution in [2.75, 3.05) is 13.7 Å². The smallest absolute Gasteiger partial charge is 0.328 e. The summed E-state index contributed by atoms with van der Waals surface area (Å²) < 4.78 is 4.63. The number of hydrogen-bond acceptors (Lipinski definition) is 4. The van der Waals surface area contributed by atoms with Crippen molar-refractivity contribution in [2.24, 2.45) is 17.6 Å². The highest BCUT2D eigenvalue weighted by Crippen LogP contribution is 2.05. The van der Waals surface area contributed by atoms with Gasteiger partial charge >= 0.3 is 5.97 Å². The van der Waals surface area contributed by atoms with E-state index in [1.165, 1.54) is 7.11 Å². The molecule has 3 N–H and O–H groups in total. The van der Waals surface area contributed by atoms with Crippen LogP contribution in [0.25, 0.3) is 0 Å². The highest BCUT2D eigenvalue weighted by atomic mass is 16.5. The first-order chi connectivity index (χ1) is 7.42. The van der Waals surface area contributed by atoms with E-state index in [1.807, 2.05) is 20.8 Å². The minimum absolute atomic E-state index is 0.00424. The van der Waals surface area contributed by atoms with E-state index in [-0.39, 0.29) is 17.7 Å². The zero-order valence-electron chi connectivity index (χ0n) is 10.4. The lowest BCUT2D eigenvalue weighted by Crippen LogP contribution is -2.45. The van der Waals surface area contributed by atoms with Crippen molar-refractivity contribution in [1.82, 2.24) is 5.32 Å². The second-order valence-electron chi connectivity index (χ2n) is 4.36. The minimum atomic E-state index is -0.581. The Bertz CT molecular complexity index is 241. The van der Waals surface area contributed by atoms with Crippen molar-refractivity contribution in [1.29, 1.82) is 0 Å². The molecule has 5 nitrogen and oxygen atoms in total. The SMILES string of the molecule is COC(=O)[C@@H](NC(=O)CC(C)CN)C(C)C. The Hall–Kier alpha value is -1.10. The molecule has 0 aromatic carbocycles. The summed E-state index contributed by atoms with van der Waals surface area (Å²) in [6.45, 7) is 6.06. The van der Waals surface area contributed by atoms with Gasteiger partial charge in [-0.05, 0) is 18.4 Å². The van der Waals surface area contributed by atoms with Gasteiger partial charge in [0.2, 0.25) is 5.91 Å². The molecule has 0 aliphatic heterocycles. The van der Waals surface area contributed by atoms with Gasteiger partial charge < -0.3 is 15.8 Å². The van der Waals surface area contributed by atoms with E-state index < -0.39 is 12.0 Å². The average molecular weight is 230 g/mol. The van der Waals surface area contributed by atoms with E-state index in [2.05, 4.69) is 10.1 Å². The van der Waals surface area contributed by atoms with Crippen LogP contribution in [0.15, 0.2) is 0 Å². The lowest BCUT2D eigenvalue weighted by atomic mass is 10.0. The topological polar surface area (TPSA) is 81.4 Å². The molecular weight excluding hydrogens is 208 g/mol. The van der Waals surface area contributed by atoms with E-state index in [0.29, 0.717) is 13.0 Å². The quantitative estimate of drug-likeness (QED) is 0.642. The summed E-state index contributed by atoms with van der Waals surface area (Å²) in [6.07, 6.45) is 0.330. The molecular formula is C11H22N2O3. The van der Waals surface area contributed by atoms with Crippen LogP contribution in [-0.2, 0) is 14.3 Å². The highest BCUT2D eigenvalue weighted by Gasteiger charge is 2.25. The van der Waals surface area contributed by atoms with Crippen LogP contribution in [0.4, 0.5) is 0 Å². The third-order valence-electron chi connectivity index (χ3n) is 2.37. The predicted octanol–water partition coefficient (Wildman–Crippen LogP) is 0.285. The van der Waals surface area contributed by atoms with E-state index in [4.69, 9.17) is 5.73 Å². The number of rotatable bonds is 6. The number of carbonyl (C=O) groups excluding carboxylic acids is 2. The predicted molar refractivity (Wildman–Crippen MR) is 61.6 cm³/mol. The molecule has 5 heteroatoms. The van der Waals surface area contributed by atoms with Crippen molar-refractivity contribution < 1.29 is 14.3 Å². The van der Waals surface area contributed by atoms with Crippen molar-refractivity contribution in [3.8, 4) is 0 Å².